The summed E-state index contributed by atoms with van der Waals surface area (Å²) in [6, 6.07) is 0. The van der Waals surface area contributed by atoms with Crippen LogP contribution in [-0.4, -0.2) is 59.1 Å². The summed E-state index contributed by atoms with van der Waals surface area (Å²) < 4.78 is 5.03. The zero-order chi connectivity index (χ0) is 9.40. The lowest BCUT2D eigenvalue weighted by molar-refractivity contribution is -0.0857. The standard InChI is InChI=1S/C7H16O5/c8-2-1-6(3-9)12-7(4-10)5-11/h6-11H,1-5H2/t6-/m1/s1. The van der Waals surface area contributed by atoms with Crippen LogP contribution in [0.5, 0.6) is 0 Å². The van der Waals surface area contributed by atoms with Gasteiger partial charge in [0.15, 0.2) is 0 Å². The predicted octanol–water partition coefficient (Wildman–Crippen LogP) is -1.90. The maximum atomic E-state index is 8.70. The van der Waals surface area contributed by atoms with Crippen LogP contribution >= 0.6 is 0 Å². The molecule has 0 saturated heterocycles. The van der Waals surface area contributed by atoms with Crippen LogP contribution in [0.25, 0.3) is 0 Å². The minimum absolute atomic E-state index is 0.0885. The van der Waals surface area contributed by atoms with Crippen LogP contribution in [0.3, 0.4) is 0 Å². The zero-order valence-electron chi connectivity index (χ0n) is 6.89. The normalized spacial score (nSPS) is 13.8. The highest BCUT2D eigenvalue weighted by atomic mass is 16.5. The molecule has 0 spiro atoms. The lowest BCUT2D eigenvalue weighted by atomic mass is 10.2. The zero-order valence-corrected chi connectivity index (χ0v) is 6.89. The number of ether oxygens (including phenoxy) is 1. The van der Waals surface area contributed by atoms with Crippen molar-refractivity contribution in [1.29, 1.82) is 0 Å². The van der Waals surface area contributed by atoms with E-state index >= 15 is 0 Å². The molecule has 0 fully saturated rings. The first-order valence-corrected chi connectivity index (χ1v) is 3.87. The quantitative estimate of drug-likeness (QED) is 0.367. The van der Waals surface area contributed by atoms with Crippen molar-refractivity contribution < 1.29 is 25.2 Å². The second-order valence-corrected chi connectivity index (χ2v) is 2.44. The van der Waals surface area contributed by atoms with Crippen LogP contribution in [0, 0.1) is 0 Å². The van der Waals surface area contributed by atoms with E-state index < -0.39 is 12.2 Å². The summed E-state index contributed by atoms with van der Waals surface area (Å²) in [5, 5.41) is 34.4. The highest BCUT2D eigenvalue weighted by Gasteiger charge is 2.13. The monoisotopic (exact) mass is 180 g/mol. The van der Waals surface area contributed by atoms with Crippen molar-refractivity contribution in [2.75, 3.05) is 26.4 Å². The molecule has 0 radical (unpaired) electrons. The second kappa shape index (κ2) is 7.45. The first-order chi connectivity index (χ1) is 5.78. The van der Waals surface area contributed by atoms with Gasteiger partial charge in [0, 0.05) is 6.61 Å². The topological polar surface area (TPSA) is 90.2 Å². The van der Waals surface area contributed by atoms with Crippen LogP contribution in [0.4, 0.5) is 0 Å². The number of aliphatic hydroxyl groups is 4. The van der Waals surface area contributed by atoms with E-state index in [9.17, 15) is 0 Å². The summed E-state index contributed by atoms with van der Waals surface area (Å²) in [5.41, 5.74) is 0. The predicted molar refractivity (Wildman–Crippen MR) is 41.6 cm³/mol. The van der Waals surface area contributed by atoms with Gasteiger partial charge in [-0.25, -0.2) is 0 Å². The Labute approximate surface area is 71.2 Å². The van der Waals surface area contributed by atoms with Gasteiger partial charge in [0.25, 0.3) is 0 Å². The van der Waals surface area contributed by atoms with E-state index in [0.29, 0.717) is 6.42 Å². The van der Waals surface area contributed by atoms with Crippen molar-refractivity contribution in [3.05, 3.63) is 0 Å². The van der Waals surface area contributed by atoms with Crippen molar-refractivity contribution in [1.82, 2.24) is 0 Å². The Bertz CT molecular complexity index is 93.8. The molecule has 0 aromatic rings. The minimum atomic E-state index is -0.673. The van der Waals surface area contributed by atoms with Gasteiger partial charge in [0.05, 0.1) is 25.9 Å². The maximum Gasteiger partial charge on any atom is 0.104 e. The molecular formula is C7H16O5. The molecule has 5 nitrogen and oxygen atoms in total. The Morgan fingerprint density at radius 1 is 0.833 bits per heavy atom. The van der Waals surface area contributed by atoms with Crippen molar-refractivity contribution in [3.63, 3.8) is 0 Å². The molecule has 0 aromatic heterocycles. The molecule has 4 N–H and O–H groups in total. The van der Waals surface area contributed by atoms with E-state index in [-0.39, 0.29) is 26.4 Å². The number of rotatable bonds is 7. The molecule has 0 bridgehead atoms. The molecule has 0 aromatic carbocycles. The summed E-state index contributed by atoms with van der Waals surface area (Å²) >= 11 is 0. The highest BCUT2D eigenvalue weighted by molar-refractivity contribution is 4.60. The van der Waals surface area contributed by atoms with Gasteiger partial charge in [-0.05, 0) is 6.42 Å². The molecular weight excluding hydrogens is 164 g/mol. The van der Waals surface area contributed by atoms with E-state index in [0.717, 1.165) is 0 Å². The molecule has 0 heterocycles. The van der Waals surface area contributed by atoms with Gasteiger partial charge in [-0.2, -0.15) is 0 Å². The van der Waals surface area contributed by atoms with Crippen molar-refractivity contribution in [2.24, 2.45) is 0 Å². The molecule has 12 heavy (non-hydrogen) atoms. The number of aliphatic hydroxyl groups excluding tert-OH is 4. The Morgan fingerprint density at radius 2 is 1.33 bits per heavy atom. The molecule has 0 amide bonds. The fourth-order valence-corrected chi connectivity index (χ4v) is 0.762. The summed E-state index contributed by atoms with van der Waals surface area (Å²) in [6.07, 6.45) is -0.888. The summed E-state index contributed by atoms with van der Waals surface area (Å²) in [6.45, 7) is -0.900. The highest BCUT2D eigenvalue weighted by Crippen LogP contribution is 2.01. The Hall–Kier alpha value is -0.200. The Kier molecular flexibility index (Phi) is 7.33. The summed E-state index contributed by atoms with van der Waals surface area (Å²) in [5.74, 6) is 0. The Morgan fingerprint density at radius 3 is 1.67 bits per heavy atom. The molecule has 0 aliphatic carbocycles. The second-order valence-electron chi connectivity index (χ2n) is 2.44. The van der Waals surface area contributed by atoms with Gasteiger partial charge < -0.3 is 25.2 Å². The smallest absolute Gasteiger partial charge is 0.104 e. The lowest BCUT2D eigenvalue weighted by Gasteiger charge is -2.19. The van der Waals surface area contributed by atoms with E-state index in [1.165, 1.54) is 0 Å². The van der Waals surface area contributed by atoms with E-state index in [2.05, 4.69) is 0 Å². The molecule has 0 rings (SSSR count). The third kappa shape index (κ3) is 4.63. The third-order valence-corrected chi connectivity index (χ3v) is 1.45. The third-order valence-electron chi connectivity index (χ3n) is 1.45. The van der Waals surface area contributed by atoms with Crippen molar-refractivity contribution >= 4 is 0 Å². The number of hydrogen-bond acceptors (Lipinski definition) is 5. The molecule has 0 unspecified atom stereocenters. The molecule has 0 aliphatic rings. The minimum Gasteiger partial charge on any atom is -0.396 e. The molecule has 1 atom stereocenters. The van der Waals surface area contributed by atoms with Crippen LogP contribution in [0.15, 0.2) is 0 Å². The van der Waals surface area contributed by atoms with Crippen molar-refractivity contribution in [3.8, 4) is 0 Å². The largest absolute Gasteiger partial charge is 0.396 e. The molecule has 74 valence electrons. The van der Waals surface area contributed by atoms with Gasteiger partial charge in [0.1, 0.15) is 6.10 Å². The first-order valence-electron chi connectivity index (χ1n) is 3.87. The van der Waals surface area contributed by atoms with Gasteiger partial charge >= 0.3 is 0 Å². The molecule has 5 heteroatoms. The fraction of sp³-hybridized carbons (Fsp3) is 1.00. The summed E-state index contributed by atoms with van der Waals surface area (Å²) in [7, 11) is 0. The van der Waals surface area contributed by atoms with E-state index in [4.69, 9.17) is 25.2 Å². The molecule has 0 saturated carbocycles. The average Bonchev–Trinajstić information content (AvgIpc) is 2.12. The van der Waals surface area contributed by atoms with Gasteiger partial charge in [-0.15, -0.1) is 0 Å². The number of hydrogen-bond donors (Lipinski definition) is 4. The van der Waals surface area contributed by atoms with Crippen LogP contribution in [-0.2, 0) is 4.74 Å². The van der Waals surface area contributed by atoms with Crippen molar-refractivity contribution in [2.45, 2.75) is 18.6 Å². The first kappa shape index (κ1) is 11.8. The van der Waals surface area contributed by atoms with Crippen LogP contribution < -0.4 is 0 Å². The van der Waals surface area contributed by atoms with Crippen LogP contribution in [0.2, 0.25) is 0 Å². The fourth-order valence-electron chi connectivity index (χ4n) is 0.762. The van der Waals surface area contributed by atoms with E-state index in [1.54, 1.807) is 0 Å². The lowest BCUT2D eigenvalue weighted by Crippen LogP contribution is -2.31. The van der Waals surface area contributed by atoms with Gasteiger partial charge in [0.2, 0.25) is 0 Å². The Balaban J connectivity index is 3.65. The van der Waals surface area contributed by atoms with Crippen LogP contribution in [0.1, 0.15) is 6.42 Å². The molecule has 0 aliphatic heterocycles. The van der Waals surface area contributed by atoms with Gasteiger partial charge in [-0.3, -0.25) is 0 Å². The average molecular weight is 180 g/mol. The summed E-state index contributed by atoms with van der Waals surface area (Å²) in [4.78, 5) is 0. The SMILES string of the molecule is OCC[C@H](CO)OC(CO)CO. The van der Waals surface area contributed by atoms with E-state index in [1.807, 2.05) is 0 Å². The maximum absolute atomic E-state index is 8.70. The van der Waals surface area contributed by atoms with Gasteiger partial charge in [-0.1, -0.05) is 0 Å².